The lowest BCUT2D eigenvalue weighted by Crippen LogP contribution is -2.27. The molecule has 10 heavy (non-hydrogen) atoms. The molecule has 0 rings (SSSR count). The van der Waals surface area contributed by atoms with Crippen LogP contribution in [0.5, 0.6) is 0 Å². The van der Waals surface area contributed by atoms with Crippen LogP contribution in [0.2, 0.25) is 0 Å². The van der Waals surface area contributed by atoms with Crippen LogP contribution in [0.4, 0.5) is 0 Å². The van der Waals surface area contributed by atoms with Gasteiger partial charge in [-0.2, -0.15) is 8.42 Å². The molecule has 6 heteroatoms. The molecule has 0 spiro atoms. The fourth-order valence-corrected chi connectivity index (χ4v) is 0.647. The van der Waals surface area contributed by atoms with Crippen LogP contribution in [0.25, 0.3) is 0 Å². The smallest absolute Gasteiger partial charge is 0.315 e. The van der Waals surface area contributed by atoms with Crippen LogP contribution in [-0.2, 0) is 14.6 Å². The van der Waals surface area contributed by atoms with Crippen molar-refractivity contribution in [3.8, 4) is 0 Å². The highest BCUT2D eigenvalue weighted by molar-refractivity contribution is 7.80. The molecule has 0 aliphatic rings. The van der Waals surface area contributed by atoms with Crippen molar-refractivity contribution in [2.75, 3.05) is 13.7 Å². The molecule has 0 aromatic carbocycles. The van der Waals surface area contributed by atoms with Crippen LogP contribution in [0.1, 0.15) is 6.92 Å². The maximum Gasteiger partial charge on any atom is 0.397 e. The van der Waals surface area contributed by atoms with E-state index in [2.05, 4.69) is 9.50 Å². The van der Waals surface area contributed by atoms with Gasteiger partial charge in [0.15, 0.2) is 0 Å². The molecule has 0 radical (unpaired) electrons. The van der Waals surface area contributed by atoms with E-state index in [-0.39, 0.29) is 12.6 Å². The molecular weight excluding hydrogens is 158 g/mol. The molecule has 0 saturated heterocycles. The van der Waals surface area contributed by atoms with Gasteiger partial charge in [0.2, 0.25) is 0 Å². The molecular formula is C4H11NO4S. The molecule has 1 unspecified atom stereocenters. The maximum atomic E-state index is 9.96. The molecule has 0 saturated carbocycles. The maximum absolute atomic E-state index is 9.96. The van der Waals surface area contributed by atoms with Crippen molar-refractivity contribution in [1.29, 1.82) is 0 Å². The van der Waals surface area contributed by atoms with Crippen molar-refractivity contribution >= 4 is 10.4 Å². The zero-order valence-corrected chi connectivity index (χ0v) is 6.68. The average Bonchev–Trinajstić information content (AvgIpc) is 1.81. The van der Waals surface area contributed by atoms with Crippen LogP contribution >= 0.6 is 0 Å². The fourth-order valence-electron chi connectivity index (χ4n) is 0.271. The summed E-state index contributed by atoms with van der Waals surface area (Å²) in [7, 11) is -2.60. The summed E-state index contributed by atoms with van der Waals surface area (Å²) in [5.74, 6) is 0. The monoisotopic (exact) mass is 169 g/mol. The van der Waals surface area contributed by atoms with Crippen molar-refractivity contribution in [2.45, 2.75) is 13.0 Å². The summed E-state index contributed by atoms with van der Waals surface area (Å²) in [6, 6.07) is -0.0954. The van der Waals surface area contributed by atoms with Crippen LogP contribution in [0.15, 0.2) is 0 Å². The van der Waals surface area contributed by atoms with Gasteiger partial charge in [0, 0.05) is 6.04 Å². The summed E-state index contributed by atoms with van der Waals surface area (Å²) in [6.07, 6.45) is 0. The van der Waals surface area contributed by atoms with Crippen molar-refractivity contribution < 1.29 is 17.2 Å². The predicted molar refractivity (Wildman–Crippen MR) is 36.0 cm³/mol. The first-order chi connectivity index (χ1) is 4.45. The third-order valence-electron chi connectivity index (χ3n) is 0.960. The fraction of sp³-hybridized carbons (Fsp3) is 1.00. The quantitative estimate of drug-likeness (QED) is 0.550. The molecule has 5 nitrogen and oxygen atoms in total. The summed E-state index contributed by atoms with van der Waals surface area (Å²) in [5.41, 5.74) is 0. The number of nitrogens with one attached hydrogen (secondary N) is 1. The van der Waals surface area contributed by atoms with Gasteiger partial charge in [-0.1, -0.05) is 0 Å². The van der Waals surface area contributed by atoms with Crippen molar-refractivity contribution in [3.63, 3.8) is 0 Å². The highest BCUT2D eigenvalue weighted by atomic mass is 32.3. The highest BCUT2D eigenvalue weighted by Gasteiger charge is 2.06. The van der Waals surface area contributed by atoms with E-state index in [4.69, 9.17) is 4.55 Å². The van der Waals surface area contributed by atoms with E-state index in [1.54, 1.807) is 14.0 Å². The van der Waals surface area contributed by atoms with Crippen molar-refractivity contribution in [3.05, 3.63) is 0 Å². The molecule has 0 bridgehead atoms. The summed E-state index contributed by atoms with van der Waals surface area (Å²) in [4.78, 5) is 0. The second kappa shape index (κ2) is 3.87. The summed E-state index contributed by atoms with van der Waals surface area (Å²) < 4.78 is 32.0. The van der Waals surface area contributed by atoms with Gasteiger partial charge >= 0.3 is 10.4 Å². The topological polar surface area (TPSA) is 75.6 Å². The third kappa shape index (κ3) is 5.96. The molecule has 0 aliphatic heterocycles. The minimum Gasteiger partial charge on any atom is -0.315 e. The molecule has 2 N–H and O–H groups in total. The molecule has 1 atom stereocenters. The lowest BCUT2D eigenvalue weighted by Gasteiger charge is -2.07. The van der Waals surface area contributed by atoms with Crippen LogP contribution in [0.3, 0.4) is 0 Å². The van der Waals surface area contributed by atoms with Gasteiger partial charge in [0.1, 0.15) is 0 Å². The number of hydrogen-bond acceptors (Lipinski definition) is 4. The van der Waals surface area contributed by atoms with E-state index < -0.39 is 10.4 Å². The van der Waals surface area contributed by atoms with Gasteiger partial charge in [0.25, 0.3) is 0 Å². The minimum atomic E-state index is -4.27. The van der Waals surface area contributed by atoms with E-state index in [0.29, 0.717) is 0 Å². The number of rotatable bonds is 4. The van der Waals surface area contributed by atoms with Gasteiger partial charge in [-0.25, -0.2) is 4.18 Å². The molecule has 0 heterocycles. The first-order valence-electron chi connectivity index (χ1n) is 2.75. The molecule has 0 amide bonds. The van der Waals surface area contributed by atoms with E-state index in [9.17, 15) is 8.42 Å². The number of hydrogen-bond donors (Lipinski definition) is 2. The van der Waals surface area contributed by atoms with Gasteiger partial charge in [-0.05, 0) is 14.0 Å². The molecule has 0 aromatic heterocycles. The lowest BCUT2D eigenvalue weighted by atomic mass is 10.4. The standard InChI is InChI=1S/C4H11NO4S/c1-4(5-2)3-9-10(6,7)8/h4-5H,3H2,1-2H3,(H,6,7,8). The molecule has 0 aromatic rings. The SMILES string of the molecule is CNC(C)COS(=O)(=O)O. The summed E-state index contributed by atoms with van der Waals surface area (Å²) in [5, 5.41) is 2.74. The Balaban J connectivity index is 3.56. The second-order valence-corrected chi connectivity index (χ2v) is 2.99. The second-order valence-electron chi connectivity index (χ2n) is 1.90. The Morgan fingerprint density at radius 1 is 1.70 bits per heavy atom. The summed E-state index contributed by atoms with van der Waals surface area (Å²) >= 11 is 0. The average molecular weight is 169 g/mol. The van der Waals surface area contributed by atoms with Gasteiger partial charge in [-0.15, -0.1) is 0 Å². The van der Waals surface area contributed by atoms with Gasteiger partial charge in [0.05, 0.1) is 6.61 Å². The normalized spacial score (nSPS) is 15.1. The van der Waals surface area contributed by atoms with Crippen LogP contribution in [-0.4, -0.2) is 32.7 Å². The highest BCUT2D eigenvalue weighted by Crippen LogP contribution is 1.88. The summed E-state index contributed by atoms with van der Waals surface area (Å²) in [6.45, 7) is 1.67. The number of likely N-dealkylation sites (N-methyl/N-ethyl adjacent to an activating group) is 1. The molecule has 62 valence electrons. The van der Waals surface area contributed by atoms with Crippen LogP contribution in [0, 0.1) is 0 Å². The molecule has 0 fully saturated rings. The Morgan fingerprint density at radius 2 is 2.20 bits per heavy atom. The Bertz CT molecular complexity index is 176. The van der Waals surface area contributed by atoms with E-state index in [1.165, 1.54) is 0 Å². The zero-order chi connectivity index (χ0) is 8.20. The van der Waals surface area contributed by atoms with Crippen LogP contribution < -0.4 is 5.32 Å². The zero-order valence-electron chi connectivity index (χ0n) is 5.86. The minimum absolute atomic E-state index is 0.0602. The Kier molecular flexibility index (Phi) is 3.80. The van der Waals surface area contributed by atoms with Gasteiger partial charge in [-0.3, -0.25) is 4.55 Å². The van der Waals surface area contributed by atoms with Gasteiger partial charge < -0.3 is 5.32 Å². The Labute approximate surface area is 60.3 Å². The van der Waals surface area contributed by atoms with E-state index in [0.717, 1.165) is 0 Å². The first-order valence-corrected chi connectivity index (χ1v) is 4.11. The Morgan fingerprint density at radius 3 is 2.50 bits per heavy atom. The Hall–Kier alpha value is -0.170. The lowest BCUT2D eigenvalue weighted by molar-refractivity contribution is 0.245. The predicted octanol–water partition coefficient (Wildman–Crippen LogP) is -0.586. The largest absolute Gasteiger partial charge is 0.397 e. The van der Waals surface area contributed by atoms with E-state index >= 15 is 0 Å². The first kappa shape index (κ1) is 9.83. The van der Waals surface area contributed by atoms with E-state index in [1.807, 2.05) is 0 Å². The molecule has 0 aliphatic carbocycles. The third-order valence-corrected chi connectivity index (χ3v) is 1.39. The van der Waals surface area contributed by atoms with Crippen molar-refractivity contribution in [2.24, 2.45) is 0 Å². The van der Waals surface area contributed by atoms with Crippen molar-refractivity contribution in [1.82, 2.24) is 5.32 Å².